The zero-order chi connectivity index (χ0) is 12.4. The number of halogens is 1. The van der Waals surface area contributed by atoms with Crippen molar-refractivity contribution in [2.24, 2.45) is 7.05 Å². The minimum Gasteiger partial charge on any atom is -0.478 e. The van der Waals surface area contributed by atoms with Crippen LogP contribution in [0.2, 0.25) is 0 Å². The standard InChI is InChI=1S/C11H10FN3O2/c1-15-5-4-10(14-15)13-9-3-2-7(11(16)17)6-8(9)12/h2-6H,1H3,(H,13,14)(H,16,17). The molecule has 0 fully saturated rings. The highest BCUT2D eigenvalue weighted by molar-refractivity contribution is 5.88. The lowest BCUT2D eigenvalue weighted by Crippen LogP contribution is -2.00. The number of carboxylic acid groups (broad SMARTS) is 1. The van der Waals surface area contributed by atoms with Gasteiger partial charge in [0.1, 0.15) is 5.82 Å². The van der Waals surface area contributed by atoms with E-state index in [0.717, 1.165) is 6.07 Å². The van der Waals surface area contributed by atoms with E-state index in [1.165, 1.54) is 12.1 Å². The molecule has 2 N–H and O–H groups in total. The molecule has 6 heteroatoms. The summed E-state index contributed by atoms with van der Waals surface area (Å²) < 4.78 is 15.1. The number of carboxylic acids is 1. The Bertz CT molecular complexity index is 566. The SMILES string of the molecule is Cn1ccc(Nc2ccc(C(=O)O)cc2F)n1. The molecule has 0 saturated heterocycles. The predicted molar refractivity (Wildman–Crippen MR) is 59.9 cm³/mol. The molecule has 0 amide bonds. The Morgan fingerprint density at radius 3 is 2.76 bits per heavy atom. The van der Waals surface area contributed by atoms with Crippen molar-refractivity contribution in [1.82, 2.24) is 9.78 Å². The molecule has 0 aliphatic heterocycles. The number of benzene rings is 1. The molecule has 0 aliphatic carbocycles. The molecule has 1 heterocycles. The average Bonchev–Trinajstić information content (AvgIpc) is 2.67. The topological polar surface area (TPSA) is 67.2 Å². The van der Waals surface area contributed by atoms with Crippen LogP contribution in [-0.2, 0) is 7.05 Å². The monoisotopic (exact) mass is 235 g/mol. The summed E-state index contributed by atoms with van der Waals surface area (Å²) in [6.45, 7) is 0. The van der Waals surface area contributed by atoms with Gasteiger partial charge < -0.3 is 10.4 Å². The maximum absolute atomic E-state index is 13.5. The van der Waals surface area contributed by atoms with Gasteiger partial charge in [-0.2, -0.15) is 5.10 Å². The van der Waals surface area contributed by atoms with Gasteiger partial charge in [0.2, 0.25) is 0 Å². The van der Waals surface area contributed by atoms with Crippen molar-refractivity contribution in [3.8, 4) is 0 Å². The smallest absolute Gasteiger partial charge is 0.335 e. The molecule has 0 aliphatic rings. The van der Waals surface area contributed by atoms with E-state index in [-0.39, 0.29) is 11.3 Å². The lowest BCUT2D eigenvalue weighted by Gasteiger charge is -2.05. The number of carbonyl (C=O) groups is 1. The van der Waals surface area contributed by atoms with Crippen molar-refractivity contribution in [2.75, 3.05) is 5.32 Å². The summed E-state index contributed by atoms with van der Waals surface area (Å²) in [5.74, 6) is -1.29. The molecular formula is C11H10FN3O2. The summed E-state index contributed by atoms with van der Waals surface area (Å²) >= 11 is 0. The van der Waals surface area contributed by atoms with E-state index in [4.69, 9.17) is 5.11 Å². The molecule has 5 nitrogen and oxygen atoms in total. The Morgan fingerprint density at radius 1 is 1.47 bits per heavy atom. The van der Waals surface area contributed by atoms with E-state index in [9.17, 15) is 9.18 Å². The summed E-state index contributed by atoms with van der Waals surface area (Å²) in [7, 11) is 1.75. The molecule has 88 valence electrons. The molecule has 0 radical (unpaired) electrons. The number of nitrogens with zero attached hydrogens (tertiary/aromatic N) is 2. The van der Waals surface area contributed by atoms with Crippen molar-refractivity contribution >= 4 is 17.5 Å². The minimum absolute atomic E-state index is 0.0888. The third kappa shape index (κ3) is 2.41. The third-order valence-electron chi connectivity index (χ3n) is 2.19. The van der Waals surface area contributed by atoms with E-state index < -0.39 is 11.8 Å². The number of aromatic nitrogens is 2. The fraction of sp³-hybridized carbons (Fsp3) is 0.0909. The van der Waals surface area contributed by atoms with Gasteiger partial charge in [0.05, 0.1) is 11.3 Å². The van der Waals surface area contributed by atoms with Crippen LogP contribution in [0.3, 0.4) is 0 Å². The molecule has 0 spiro atoms. The molecular weight excluding hydrogens is 225 g/mol. The number of aryl methyl sites for hydroxylation is 1. The van der Waals surface area contributed by atoms with Crippen LogP contribution in [0.15, 0.2) is 30.5 Å². The van der Waals surface area contributed by atoms with Crippen LogP contribution in [0.25, 0.3) is 0 Å². The summed E-state index contributed by atoms with van der Waals surface area (Å²) in [5, 5.41) is 15.5. The first-order chi connectivity index (χ1) is 8.06. The first kappa shape index (κ1) is 11.1. The van der Waals surface area contributed by atoms with Crippen LogP contribution >= 0.6 is 0 Å². The van der Waals surface area contributed by atoms with Gasteiger partial charge in [-0.25, -0.2) is 9.18 Å². The molecule has 0 unspecified atom stereocenters. The van der Waals surface area contributed by atoms with Gasteiger partial charge in [0, 0.05) is 19.3 Å². The molecule has 2 aromatic rings. The quantitative estimate of drug-likeness (QED) is 0.853. The highest BCUT2D eigenvalue weighted by Crippen LogP contribution is 2.19. The zero-order valence-electron chi connectivity index (χ0n) is 9.01. The van der Waals surface area contributed by atoms with Crippen LogP contribution < -0.4 is 5.32 Å². The maximum Gasteiger partial charge on any atom is 0.335 e. The number of aromatic carboxylic acids is 1. The molecule has 0 saturated carbocycles. The van der Waals surface area contributed by atoms with Crippen molar-refractivity contribution in [3.05, 3.63) is 41.8 Å². The van der Waals surface area contributed by atoms with Gasteiger partial charge >= 0.3 is 5.97 Å². The largest absolute Gasteiger partial charge is 0.478 e. The van der Waals surface area contributed by atoms with Crippen molar-refractivity contribution in [3.63, 3.8) is 0 Å². The van der Waals surface area contributed by atoms with Gasteiger partial charge in [-0.05, 0) is 18.2 Å². The fourth-order valence-corrected chi connectivity index (χ4v) is 1.37. The van der Waals surface area contributed by atoms with Gasteiger partial charge in [-0.1, -0.05) is 0 Å². The van der Waals surface area contributed by atoms with Crippen molar-refractivity contribution in [2.45, 2.75) is 0 Å². The first-order valence-corrected chi connectivity index (χ1v) is 4.86. The van der Waals surface area contributed by atoms with Gasteiger partial charge in [0.25, 0.3) is 0 Å². The van der Waals surface area contributed by atoms with E-state index in [1.54, 1.807) is 24.0 Å². The van der Waals surface area contributed by atoms with Gasteiger partial charge in [-0.15, -0.1) is 0 Å². The summed E-state index contributed by atoms with van der Waals surface area (Å²) in [4.78, 5) is 10.6. The third-order valence-corrected chi connectivity index (χ3v) is 2.19. The van der Waals surface area contributed by atoms with Crippen LogP contribution in [0, 0.1) is 5.82 Å². The van der Waals surface area contributed by atoms with Gasteiger partial charge in [-0.3, -0.25) is 4.68 Å². The second-order valence-electron chi connectivity index (χ2n) is 3.50. The second-order valence-corrected chi connectivity index (χ2v) is 3.50. The van der Waals surface area contributed by atoms with Crippen LogP contribution in [0.1, 0.15) is 10.4 Å². The molecule has 0 atom stereocenters. The van der Waals surface area contributed by atoms with Gasteiger partial charge in [0.15, 0.2) is 5.82 Å². The Labute approximate surface area is 96.5 Å². The summed E-state index contributed by atoms with van der Waals surface area (Å²) in [6.07, 6.45) is 1.71. The summed E-state index contributed by atoms with van der Waals surface area (Å²) in [6, 6.07) is 5.35. The van der Waals surface area contributed by atoms with E-state index in [2.05, 4.69) is 10.4 Å². The fourth-order valence-electron chi connectivity index (χ4n) is 1.37. The van der Waals surface area contributed by atoms with E-state index in [0.29, 0.717) is 5.82 Å². The predicted octanol–water partition coefficient (Wildman–Crippen LogP) is 2.00. The normalized spacial score (nSPS) is 10.2. The second kappa shape index (κ2) is 4.25. The number of nitrogens with one attached hydrogen (secondary N) is 1. The lowest BCUT2D eigenvalue weighted by molar-refractivity contribution is 0.0696. The first-order valence-electron chi connectivity index (χ1n) is 4.86. The molecule has 2 rings (SSSR count). The minimum atomic E-state index is -1.16. The Kier molecular flexibility index (Phi) is 2.78. The highest BCUT2D eigenvalue weighted by atomic mass is 19.1. The lowest BCUT2D eigenvalue weighted by atomic mass is 10.2. The molecule has 17 heavy (non-hydrogen) atoms. The van der Waals surface area contributed by atoms with Crippen LogP contribution in [-0.4, -0.2) is 20.9 Å². The summed E-state index contributed by atoms with van der Waals surface area (Å²) in [5.41, 5.74) is 0.0998. The molecule has 1 aromatic heterocycles. The maximum atomic E-state index is 13.5. The number of hydrogen-bond donors (Lipinski definition) is 2. The van der Waals surface area contributed by atoms with E-state index >= 15 is 0 Å². The van der Waals surface area contributed by atoms with Crippen LogP contribution in [0.5, 0.6) is 0 Å². The van der Waals surface area contributed by atoms with Crippen molar-refractivity contribution < 1.29 is 14.3 Å². The molecule has 1 aromatic carbocycles. The highest BCUT2D eigenvalue weighted by Gasteiger charge is 2.09. The Balaban J connectivity index is 2.25. The molecule has 0 bridgehead atoms. The average molecular weight is 235 g/mol. The number of hydrogen-bond acceptors (Lipinski definition) is 3. The van der Waals surface area contributed by atoms with E-state index in [1.807, 2.05) is 0 Å². The van der Waals surface area contributed by atoms with Crippen LogP contribution in [0.4, 0.5) is 15.9 Å². The van der Waals surface area contributed by atoms with Crippen molar-refractivity contribution in [1.29, 1.82) is 0 Å². The number of anilines is 2. The zero-order valence-corrected chi connectivity index (χ0v) is 9.01. The Hall–Kier alpha value is -2.37. The number of rotatable bonds is 3. The Morgan fingerprint density at radius 2 is 2.24 bits per heavy atom.